The Labute approximate surface area is 176 Å². The van der Waals surface area contributed by atoms with Crippen LogP contribution >= 0.6 is 11.3 Å². The number of sulfonamides is 1. The summed E-state index contributed by atoms with van der Waals surface area (Å²) in [7, 11) is -3.75. The van der Waals surface area contributed by atoms with Crippen molar-refractivity contribution >= 4 is 33.0 Å². The highest BCUT2D eigenvalue weighted by atomic mass is 32.2. The summed E-state index contributed by atoms with van der Waals surface area (Å²) >= 11 is 1.07. The Balaban J connectivity index is 1.45. The molecule has 1 saturated heterocycles. The molecule has 3 heterocycles. The van der Waals surface area contributed by atoms with Gasteiger partial charge in [0.25, 0.3) is 11.6 Å². The Morgan fingerprint density at radius 3 is 2.40 bits per heavy atom. The van der Waals surface area contributed by atoms with E-state index in [2.05, 4.69) is 0 Å². The quantitative estimate of drug-likeness (QED) is 0.512. The maximum absolute atomic E-state index is 13.0. The van der Waals surface area contributed by atoms with E-state index in [1.165, 1.54) is 27.4 Å². The third-order valence-electron chi connectivity index (χ3n) is 4.98. The average molecular weight is 453 g/mol. The summed E-state index contributed by atoms with van der Waals surface area (Å²) in [5, 5.41) is 11.0. The first kappa shape index (κ1) is 20.6. The molecule has 1 fully saturated rings. The summed E-state index contributed by atoms with van der Waals surface area (Å²) in [6.45, 7) is 3.04. The number of aryl methyl sites for hydroxylation is 1. The molecule has 0 unspecified atom stereocenters. The molecule has 0 atom stereocenters. The van der Waals surface area contributed by atoms with Crippen LogP contribution in [-0.4, -0.2) is 67.8 Å². The molecular formula is C18H19N3O7S2. The lowest BCUT2D eigenvalue weighted by atomic mass is 10.3. The third kappa shape index (κ3) is 3.73. The first-order chi connectivity index (χ1) is 14.3. The fraction of sp³-hybridized carbons (Fsp3) is 0.389. The number of ether oxygens (including phenoxy) is 2. The molecule has 0 N–H and O–H groups in total. The van der Waals surface area contributed by atoms with Crippen LogP contribution in [0.15, 0.2) is 29.2 Å². The van der Waals surface area contributed by atoms with Gasteiger partial charge < -0.3 is 14.4 Å². The number of amides is 1. The van der Waals surface area contributed by atoms with Crippen molar-refractivity contribution in [2.45, 2.75) is 11.8 Å². The van der Waals surface area contributed by atoms with Crippen molar-refractivity contribution < 1.29 is 27.6 Å². The number of hydrogen-bond acceptors (Lipinski definition) is 8. The minimum Gasteiger partial charge on any atom is -0.486 e. The van der Waals surface area contributed by atoms with Crippen LogP contribution in [0.3, 0.4) is 0 Å². The van der Waals surface area contributed by atoms with Gasteiger partial charge >= 0.3 is 0 Å². The number of nitro groups is 1. The molecule has 160 valence electrons. The van der Waals surface area contributed by atoms with Crippen molar-refractivity contribution in [2.75, 3.05) is 39.4 Å². The molecule has 0 spiro atoms. The predicted octanol–water partition coefficient (Wildman–Crippen LogP) is 1.88. The summed E-state index contributed by atoms with van der Waals surface area (Å²) in [5.74, 6) is 0.578. The zero-order valence-electron chi connectivity index (χ0n) is 16.1. The van der Waals surface area contributed by atoms with Crippen LogP contribution in [0.5, 0.6) is 11.5 Å². The van der Waals surface area contributed by atoms with Gasteiger partial charge in [0.2, 0.25) is 10.0 Å². The van der Waals surface area contributed by atoms with E-state index in [-0.39, 0.29) is 47.5 Å². The van der Waals surface area contributed by atoms with Gasteiger partial charge in [0.15, 0.2) is 11.5 Å². The summed E-state index contributed by atoms with van der Waals surface area (Å²) in [4.78, 5) is 25.6. The standard InChI is InChI=1S/C18H19N3O7S2/c1-12-14(21(23)24)11-17(29-12)18(22)19-4-6-20(7-5-19)30(25,26)13-2-3-15-16(10-13)28-9-8-27-15/h2-3,10-11H,4-9H2,1H3. The van der Waals surface area contributed by atoms with Gasteiger partial charge in [0, 0.05) is 38.3 Å². The lowest BCUT2D eigenvalue weighted by molar-refractivity contribution is -0.385. The number of fused-ring (bicyclic) bond motifs is 1. The van der Waals surface area contributed by atoms with E-state index in [1.54, 1.807) is 13.0 Å². The molecule has 1 aromatic carbocycles. The van der Waals surface area contributed by atoms with Crippen LogP contribution in [0, 0.1) is 17.0 Å². The molecule has 2 aromatic rings. The number of piperazine rings is 1. The number of benzene rings is 1. The molecule has 4 rings (SSSR count). The summed E-state index contributed by atoms with van der Waals surface area (Å²) in [6.07, 6.45) is 0. The molecule has 10 nitrogen and oxygen atoms in total. The van der Waals surface area contributed by atoms with E-state index in [9.17, 15) is 23.3 Å². The van der Waals surface area contributed by atoms with E-state index >= 15 is 0 Å². The molecule has 12 heteroatoms. The van der Waals surface area contributed by atoms with Crippen LogP contribution in [0.2, 0.25) is 0 Å². The first-order valence-electron chi connectivity index (χ1n) is 9.21. The second-order valence-corrected chi connectivity index (χ2v) is 10.0. The van der Waals surface area contributed by atoms with Gasteiger partial charge in [0.1, 0.15) is 13.2 Å². The normalized spacial score (nSPS) is 17.0. The zero-order valence-corrected chi connectivity index (χ0v) is 17.7. The van der Waals surface area contributed by atoms with Gasteiger partial charge in [-0.2, -0.15) is 4.31 Å². The molecule has 2 aliphatic rings. The van der Waals surface area contributed by atoms with E-state index in [0.29, 0.717) is 29.6 Å². The van der Waals surface area contributed by atoms with E-state index in [1.807, 2.05) is 0 Å². The van der Waals surface area contributed by atoms with Crippen LogP contribution in [0.1, 0.15) is 14.5 Å². The summed E-state index contributed by atoms with van der Waals surface area (Å²) in [6, 6.07) is 5.79. The second kappa shape index (κ2) is 7.85. The van der Waals surface area contributed by atoms with Crippen molar-refractivity contribution in [2.24, 2.45) is 0 Å². The minimum absolute atomic E-state index is 0.0804. The van der Waals surface area contributed by atoms with Crippen LogP contribution < -0.4 is 9.47 Å². The highest BCUT2D eigenvalue weighted by Gasteiger charge is 2.32. The summed E-state index contributed by atoms with van der Waals surface area (Å²) in [5.41, 5.74) is -0.0804. The Kier molecular flexibility index (Phi) is 5.38. The molecule has 2 aliphatic heterocycles. The monoisotopic (exact) mass is 453 g/mol. The van der Waals surface area contributed by atoms with Crippen molar-refractivity contribution in [3.05, 3.63) is 44.1 Å². The van der Waals surface area contributed by atoms with Crippen molar-refractivity contribution in [1.29, 1.82) is 0 Å². The lowest BCUT2D eigenvalue weighted by Gasteiger charge is -2.34. The number of thiophene rings is 1. The number of rotatable bonds is 4. The minimum atomic E-state index is -3.75. The maximum Gasteiger partial charge on any atom is 0.283 e. The number of nitrogens with zero attached hydrogens (tertiary/aromatic N) is 3. The van der Waals surface area contributed by atoms with Gasteiger partial charge in [-0.05, 0) is 19.1 Å². The van der Waals surface area contributed by atoms with Crippen LogP contribution in [0.4, 0.5) is 5.69 Å². The fourth-order valence-electron chi connectivity index (χ4n) is 3.38. The van der Waals surface area contributed by atoms with Gasteiger partial charge in [-0.1, -0.05) is 0 Å². The highest BCUT2D eigenvalue weighted by Crippen LogP contribution is 2.33. The molecule has 0 radical (unpaired) electrons. The van der Waals surface area contributed by atoms with Crippen molar-refractivity contribution in [1.82, 2.24) is 9.21 Å². The van der Waals surface area contributed by atoms with Gasteiger partial charge in [-0.15, -0.1) is 11.3 Å². The number of carbonyl (C=O) groups excluding carboxylic acids is 1. The van der Waals surface area contributed by atoms with Crippen molar-refractivity contribution in [3.8, 4) is 11.5 Å². The van der Waals surface area contributed by atoms with E-state index in [4.69, 9.17) is 9.47 Å². The van der Waals surface area contributed by atoms with Gasteiger partial charge in [-0.3, -0.25) is 14.9 Å². The van der Waals surface area contributed by atoms with E-state index in [0.717, 1.165) is 11.3 Å². The second-order valence-electron chi connectivity index (χ2n) is 6.81. The Hall–Kier alpha value is -2.70. The number of hydrogen-bond donors (Lipinski definition) is 0. The Morgan fingerprint density at radius 2 is 1.77 bits per heavy atom. The largest absolute Gasteiger partial charge is 0.486 e. The zero-order chi connectivity index (χ0) is 21.5. The van der Waals surface area contributed by atoms with E-state index < -0.39 is 14.9 Å². The first-order valence-corrected chi connectivity index (χ1v) is 11.5. The van der Waals surface area contributed by atoms with Gasteiger partial charge in [0.05, 0.1) is 19.6 Å². The fourth-order valence-corrected chi connectivity index (χ4v) is 5.77. The lowest BCUT2D eigenvalue weighted by Crippen LogP contribution is -2.50. The molecule has 1 aromatic heterocycles. The van der Waals surface area contributed by atoms with Crippen LogP contribution in [-0.2, 0) is 10.0 Å². The predicted molar refractivity (Wildman–Crippen MR) is 108 cm³/mol. The topological polar surface area (TPSA) is 119 Å². The maximum atomic E-state index is 13.0. The van der Waals surface area contributed by atoms with Crippen LogP contribution in [0.25, 0.3) is 0 Å². The highest BCUT2D eigenvalue weighted by molar-refractivity contribution is 7.89. The van der Waals surface area contributed by atoms with Gasteiger partial charge in [-0.25, -0.2) is 8.42 Å². The molecule has 0 bridgehead atoms. The molecular weight excluding hydrogens is 434 g/mol. The molecule has 0 aliphatic carbocycles. The number of carbonyl (C=O) groups is 1. The summed E-state index contributed by atoms with van der Waals surface area (Å²) < 4.78 is 38.2. The third-order valence-corrected chi connectivity index (χ3v) is 7.90. The molecule has 1 amide bonds. The molecule has 30 heavy (non-hydrogen) atoms. The SMILES string of the molecule is Cc1sc(C(=O)N2CCN(S(=O)(=O)c3ccc4c(c3)OCCO4)CC2)cc1[N+](=O)[O-]. The Bertz CT molecular complexity index is 1100. The van der Waals surface area contributed by atoms with Crippen molar-refractivity contribution in [3.63, 3.8) is 0 Å². The Morgan fingerprint density at radius 1 is 1.10 bits per heavy atom. The smallest absolute Gasteiger partial charge is 0.283 e. The molecule has 0 saturated carbocycles. The average Bonchev–Trinajstić information content (AvgIpc) is 3.15.